The number of nitrogens with zero attached hydrogens (tertiary/aromatic N) is 4. The van der Waals surface area contributed by atoms with Gasteiger partial charge in [-0.05, 0) is 54.7 Å². The lowest BCUT2D eigenvalue weighted by Gasteiger charge is -2.43. The van der Waals surface area contributed by atoms with E-state index in [1.165, 1.54) is 0 Å². The maximum absolute atomic E-state index is 13.2. The number of carbonyl (C=O) groups is 3. The van der Waals surface area contributed by atoms with Crippen molar-refractivity contribution in [3.8, 4) is 11.8 Å². The van der Waals surface area contributed by atoms with Crippen LogP contribution in [-0.2, 0) is 18.4 Å². The third kappa shape index (κ3) is 3.62. The Hall–Kier alpha value is -3.87. The average molecular weight is 477 g/mol. The van der Waals surface area contributed by atoms with E-state index >= 15 is 0 Å². The molecule has 0 spiro atoms. The van der Waals surface area contributed by atoms with Gasteiger partial charge in [-0.25, -0.2) is 4.79 Å². The minimum Gasteiger partial charge on any atom is -0.497 e. The summed E-state index contributed by atoms with van der Waals surface area (Å²) in [6, 6.07) is 7.10. The number of benzene rings is 1. The number of rotatable bonds is 5. The molecule has 10 nitrogen and oxygen atoms in total. The molecule has 182 valence electrons. The number of imide groups is 1. The van der Waals surface area contributed by atoms with E-state index in [0.29, 0.717) is 36.4 Å². The van der Waals surface area contributed by atoms with Gasteiger partial charge in [-0.1, -0.05) is 13.0 Å². The van der Waals surface area contributed by atoms with Crippen LogP contribution < -0.4 is 15.4 Å². The van der Waals surface area contributed by atoms with E-state index < -0.39 is 17.5 Å². The van der Waals surface area contributed by atoms with Crippen molar-refractivity contribution in [1.29, 1.82) is 5.26 Å². The number of ether oxygens (including phenoxy) is 1. The summed E-state index contributed by atoms with van der Waals surface area (Å²) in [5.41, 5.74) is 1.70. The number of aryl methyl sites for hydroxylation is 1. The van der Waals surface area contributed by atoms with Crippen molar-refractivity contribution in [3.63, 3.8) is 0 Å². The van der Waals surface area contributed by atoms with E-state index in [-0.39, 0.29) is 30.2 Å². The van der Waals surface area contributed by atoms with Crippen molar-refractivity contribution >= 4 is 17.8 Å². The van der Waals surface area contributed by atoms with Crippen LogP contribution in [-0.4, -0.2) is 51.7 Å². The van der Waals surface area contributed by atoms with Crippen LogP contribution >= 0.6 is 0 Å². The lowest BCUT2D eigenvalue weighted by Crippen LogP contribution is -2.61. The highest BCUT2D eigenvalue weighted by Gasteiger charge is 2.55. The highest BCUT2D eigenvalue weighted by atomic mass is 16.5. The smallest absolute Gasteiger partial charge is 0.322 e. The third-order valence-electron chi connectivity index (χ3n) is 7.94. The number of urea groups is 1. The van der Waals surface area contributed by atoms with Crippen LogP contribution in [0.1, 0.15) is 59.3 Å². The molecule has 3 heterocycles. The molecule has 2 N–H and O–H groups in total. The summed E-state index contributed by atoms with van der Waals surface area (Å²) in [4.78, 5) is 40.4. The summed E-state index contributed by atoms with van der Waals surface area (Å²) in [5.74, 6) is 0.162. The first kappa shape index (κ1) is 22.9. The summed E-state index contributed by atoms with van der Waals surface area (Å²) in [5, 5.41) is 19.1. The maximum atomic E-state index is 13.2. The molecule has 2 aromatic rings. The summed E-state index contributed by atoms with van der Waals surface area (Å²) < 4.78 is 6.85. The fourth-order valence-electron chi connectivity index (χ4n) is 6.10. The van der Waals surface area contributed by atoms with Crippen molar-refractivity contribution in [2.75, 3.05) is 13.7 Å². The van der Waals surface area contributed by atoms with Crippen LogP contribution in [0.4, 0.5) is 4.79 Å². The Morgan fingerprint density at radius 3 is 2.74 bits per heavy atom. The molecule has 1 aromatic heterocycles. The first-order chi connectivity index (χ1) is 16.8. The number of nitrogens with one attached hydrogen (secondary N) is 2. The van der Waals surface area contributed by atoms with Gasteiger partial charge in [-0.15, -0.1) is 0 Å². The predicted octanol–water partition coefficient (Wildman–Crippen LogP) is 2.05. The van der Waals surface area contributed by atoms with Gasteiger partial charge in [0.1, 0.15) is 23.1 Å². The van der Waals surface area contributed by atoms with Gasteiger partial charge < -0.3 is 15.0 Å². The van der Waals surface area contributed by atoms with Gasteiger partial charge in [-0.2, -0.15) is 10.4 Å². The van der Waals surface area contributed by atoms with Crippen molar-refractivity contribution in [1.82, 2.24) is 25.3 Å². The van der Waals surface area contributed by atoms with Gasteiger partial charge >= 0.3 is 6.03 Å². The molecule has 2 unspecified atom stereocenters. The van der Waals surface area contributed by atoms with Crippen LogP contribution in [0.15, 0.2) is 24.4 Å². The van der Waals surface area contributed by atoms with Crippen molar-refractivity contribution in [2.45, 2.75) is 44.2 Å². The van der Waals surface area contributed by atoms with E-state index in [2.05, 4.69) is 28.7 Å². The Morgan fingerprint density at radius 2 is 2.09 bits per heavy atom. The number of aromatic nitrogens is 2. The Bertz CT molecular complexity index is 1260. The molecule has 10 heteroatoms. The molecule has 4 amide bonds. The second-order valence-electron chi connectivity index (χ2n) is 9.84. The predicted molar refractivity (Wildman–Crippen MR) is 124 cm³/mol. The Kier molecular flexibility index (Phi) is 5.50. The zero-order valence-electron chi connectivity index (χ0n) is 20.0. The molecule has 0 bridgehead atoms. The Balaban J connectivity index is 1.40. The van der Waals surface area contributed by atoms with Crippen molar-refractivity contribution < 1.29 is 19.1 Å². The summed E-state index contributed by atoms with van der Waals surface area (Å²) in [7, 11) is 3.31. The van der Waals surface area contributed by atoms with E-state index in [9.17, 15) is 19.6 Å². The van der Waals surface area contributed by atoms with Crippen LogP contribution in [0.25, 0.3) is 0 Å². The second kappa shape index (κ2) is 8.41. The molecule has 1 aliphatic carbocycles. The number of fused-ring (bicyclic) bond motifs is 1. The largest absolute Gasteiger partial charge is 0.497 e. The number of nitriles is 1. The Labute approximate surface area is 203 Å². The molecule has 4 atom stereocenters. The molecule has 1 aromatic carbocycles. The van der Waals surface area contributed by atoms with E-state index in [1.54, 1.807) is 36.0 Å². The fourth-order valence-corrected chi connectivity index (χ4v) is 6.10. The number of methoxy groups -OCH3 is 1. The van der Waals surface area contributed by atoms with Crippen LogP contribution in [0, 0.1) is 23.2 Å². The average Bonchev–Trinajstić information content (AvgIpc) is 3.46. The summed E-state index contributed by atoms with van der Waals surface area (Å²) in [6.45, 7) is 2.57. The summed E-state index contributed by atoms with van der Waals surface area (Å²) >= 11 is 0. The molecule has 0 radical (unpaired) electrons. The molecule has 2 aliphatic heterocycles. The first-order valence-electron chi connectivity index (χ1n) is 11.8. The van der Waals surface area contributed by atoms with Crippen LogP contribution in [0.5, 0.6) is 5.75 Å². The van der Waals surface area contributed by atoms with Gasteiger partial charge in [0.15, 0.2) is 0 Å². The SMILES string of the molecule is COc1ccc2c(c1)C(=O)N(C[C@@]1(C3CC[C@H](c4cnn(C)c4C#N)C(C)C3)NC(=O)NC1=O)C2. The minimum absolute atomic E-state index is 0.0960. The minimum atomic E-state index is -1.20. The molecule has 1 saturated heterocycles. The number of hydrogen-bond acceptors (Lipinski definition) is 6. The third-order valence-corrected chi connectivity index (χ3v) is 7.94. The monoisotopic (exact) mass is 476 g/mol. The topological polar surface area (TPSA) is 129 Å². The van der Waals surface area contributed by atoms with Crippen molar-refractivity contribution in [3.05, 3.63) is 46.8 Å². The Morgan fingerprint density at radius 1 is 1.29 bits per heavy atom. The van der Waals surface area contributed by atoms with Gasteiger partial charge in [0.2, 0.25) is 0 Å². The van der Waals surface area contributed by atoms with E-state index in [1.807, 2.05) is 12.1 Å². The normalized spacial score (nSPS) is 27.9. The highest BCUT2D eigenvalue weighted by Crippen LogP contribution is 2.46. The molecule has 1 saturated carbocycles. The molecule has 2 fully saturated rings. The van der Waals surface area contributed by atoms with Crippen molar-refractivity contribution in [2.24, 2.45) is 18.9 Å². The van der Waals surface area contributed by atoms with E-state index in [0.717, 1.165) is 17.5 Å². The quantitative estimate of drug-likeness (QED) is 0.636. The van der Waals surface area contributed by atoms with Crippen LogP contribution in [0.2, 0.25) is 0 Å². The molecular weight excluding hydrogens is 448 g/mol. The number of hydrogen-bond donors (Lipinski definition) is 2. The summed E-state index contributed by atoms with van der Waals surface area (Å²) in [6.07, 6.45) is 3.85. The maximum Gasteiger partial charge on any atom is 0.322 e. The van der Waals surface area contributed by atoms with E-state index in [4.69, 9.17) is 4.74 Å². The number of amides is 4. The second-order valence-corrected chi connectivity index (χ2v) is 9.84. The molecule has 35 heavy (non-hydrogen) atoms. The number of carbonyl (C=O) groups excluding carboxylic acids is 3. The molecule has 5 rings (SSSR count). The fraction of sp³-hybridized carbons (Fsp3) is 0.480. The standard InChI is InChI=1S/C25H28N6O4/c1-14-8-16(5-7-18(14)20-11-27-30(2)21(20)10-26)25(23(33)28-24(34)29-25)13-31-12-15-4-6-17(35-3)9-19(15)22(31)32/h4,6,9,11,14,16,18H,5,7-8,12-13H2,1-3H3,(H2,28,29,33,34)/t14?,16?,18-,25-/m0/s1. The van der Waals surface area contributed by atoms with Gasteiger partial charge in [0.05, 0.1) is 19.9 Å². The zero-order chi connectivity index (χ0) is 24.9. The lowest BCUT2D eigenvalue weighted by molar-refractivity contribution is -0.127. The lowest BCUT2D eigenvalue weighted by atomic mass is 9.65. The molecule has 3 aliphatic rings. The molecular formula is C25H28N6O4. The zero-order valence-corrected chi connectivity index (χ0v) is 20.0. The van der Waals surface area contributed by atoms with Gasteiger partial charge in [-0.3, -0.25) is 19.6 Å². The first-order valence-corrected chi connectivity index (χ1v) is 11.8. The van der Waals surface area contributed by atoms with Crippen LogP contribution in [0.3, 0.4) is 0 Å². The van der Waals surface area contributed by atoms with Gasteiger partial charge in [0, 0.05) is 24.7 Å². The highest BCUT2D eigenvalue weighted by molar-refractivity contribution is 6.08. The van der Waals surface area contributed by atoms with Gasteiger partial charge in [0.25, 0.3) is 11.8 Å².